The third-order valence-electron chi connectivity index (χ3n) is 3.83. The molecule has 0 atom stereocenters. The van der Waals surface area contributed by atoms with Crippen LogP contribution in [-0.2, 0) is 4.79 Å². The number of urea groups is 1. The molecule has 0 radical (unpaired) electrons. The average Bonchev–Trinajstić information content (AvgIpc) is 3.18. The van der Waals surface area contributed by atoms with Crippen LogP contribution in [0.3, 0.4) is 0 Å². The monoisotopic (exact) mass is 459 g/mol. The number of anilines is 4. The molecular formula is C20H18ClN5O4S. The second kappa shape index (κ2) is 9.92. The molecule has 2 aromatic carbocycles. The van der Waals surface area contributed by atoms with Crippen LogP contribution in [0.15, 0.2) is 47.8 Å². The van der Waals surface area contributed by atoms with Crippen LogP contribution in [0.25, 0.3) is 0 Å². The van der Waals surface area contributed by atoms with Gasteiger partial charge in [0.2, 0.25) is 5.91 Å². The van der Waals surface area contributed by atoms with Gasteiger partial charge < -0.3 is 20.7 Å². The van der Waals surface area contributed by atoms with E-state index in [1.54, 1.807) is 42.5 Å². The Morgan fingerprint density at radius 2 is 1.68 bits per heavy atom. The summed E-state index contributed by atoms with van der Waals surface area (Å²) in [6, 6.07) is 11.0. The number of carbonyl (C=O) groups is 3. The first-order valence-electron chi connectivity index (χ1n) is 8.90. The lowest BCUT2D eigenvalue weighted by molar-refractivity contribution is -0.114. The highest BCUT2D eigenvalue weighted by atomic mass is 35.5. The van der Waals surface area contributed by atoms with Gasteiger partial charge in [0.15, 0.2) is 5.13 Å². The summed E-state index contributed by atoms with van der Waals surface area (Å²) < 4.78 is 5.25. The number of halogens is 1. The van der Waals surface area contributed by atoms with Crippen molar-refractivity contribution in [3.05, 3.63) is 58.6 Å². The predicted octanol–water partition coefficient (Wildman–Crippen LogP) is 4.66. The number of rotatable bonds is 6. The normalized spacial score (nSPS) is 10.2. The summed E-state index contributed by atoms with van der Waals surface area (Å²) in [5.74, 6) is -0.325. The fourth-order valence-corrected chi connectivity index (χ4v) is 3.31. The number of hydrogen-bond acceptors (Lipinski definition) is 6. The van der Waals surface area contributed by atoms with Crippen molar-refractivity contribution in [3.63, 3.8) is 0 Å². The molecule has 160 valence electrons. The second-order valence-corrected chi connectivity index (χ2v) is 7.47. The fourth-order valence-electron chi connectivity index (χ4n) is 2.50. The molecule has 1 aromatic heterocycles. The highest BCUT2D eigenvalue weighted by Gasteiger charge is 2.15. The van der Waals surface area contributed by atoms with Gasteiger partial charge in [0.05, 0.1) is 12.8 Å². The summed E-state index contributed by atoms with van der Waals surface area (Å²) in [6.07, 6.45) is 0. The lowest BCUT2D eigenvalue weighted by atomic mass is 10.2. The number of aromatic nitrogens is 1. The molecule has 0 unspecified atom stereocenters. The van der Waals surface area contributed by atoms with Gasteiger partial charge in [0.25, 0.3) is 5.91 Å². The molecule has 11 heteroatoms. The topological polar surface area (TPSA) is 121 Å². The van der Waals surface area contributed by atoms with Crippen molar-refractivity contribution in [2.45, 2.75) is 6.92 Å². The van der Waals surface area contributed by atoms with Crippen LogP contribution in [0.2, 0.25) is 5.02 Å². The third-order valence-corrected chi connectivity index (χ3v) is 4.84. The van der Waals surface area contributed by atoms with E-state index in [-0.39, 0.29) is 16.7 Å². The molecule has 0 aliphatic carbocycles. The Bertz CT molecular complexity index is 1120. The van der Waals surface area contributed by atoms with E-state index in [1.165, 1.54) is 19.4 Å². The van der Waals surface area contributed by atoms with Gasteiger partial charge in [0.1, 0.15) is 11.4 Å². The minimum absolute atomic E-state index is 0.110. The standard InChI is InChI=1S/C20H18ClN5O4S/c1-11(27)22-14-7-8-17(30-2)15(9-14)24-18(28)16-10-31-20(25-16)26-19(29)23-13-5-3-12(21)4-6-13/h3-10H,1-2H3,(H,22,27)(H,24,28)(H2,23,25,26,29). The lowest BCUT2D eigenvalue weighted by Gasteiger charge is -2.11. The first kappa shape index (κ1) is 22.1. The molecule has 9 nitrogen and oxygen atoms in total. The molecule has 0 fully saturated rings. The molecule has 31 heavy (non-hydrogen) atoms. The molecule has 1 heterocycles. The van der Waals surface area contributed by atoms with Crippen molar-refractivity contribution in [2.24, 2.45) is 0 Å². The number of thiazole rings is 1. The van der Waals surface area contributed by atoms with E-state index in [1.807, 2.05) is 0 Å². The van der Waals surface area contributed by atoms with Crippen LogP contribution in [-0.4, -0.2) is 29.9 Å². The van der Waals surface area contributed by atoms with Crippen LogP contribution < -0.4 is 26.0 Å². The van der Waals surface area contributed by atoms with E-state index in [9.17, 15) is 14.4 Å². The van der Waals surface area contributed by atoms with E-state index < -0.39 is 11.9 Å². The first-order valence-corrected chi connectivity index (χ1v) is 10.2. The zero-order chi connectivity index (χ0) is 22.4. The maximum absolute atomic E-state index is 12.6. The molecular weight excluding hydrogens is 442 g/mol. The maximum atomic E-state index is 12.6. The predicted molar refractivity (Wildman–Crippen MR) is 121 cm³/mol. The van der Waals surface area contributed by atoms with Crippen LogP contribution in [0.1, 0.15) is 17.4 Å². The number of amides is 4. The Kier molecular flexibility index (Phi) is 7.06. The van der Waals surface area contributed by atoms with Crippen LogP contribution in [0, 0.1) is 0 Å². The number of hydrogen-bond donors (Lipinski definition) is 4. The first-order chi connectivity index (χ1) is 14.8. The number of ether oxygens (including phenoxy) is 1. The molecule has 0 aliphatic heterocycles. The molecule has 0 saturated carbocycles. The highest BCUT2D eigenvalue weighted by Crippen LogP contribution is 2.28. The summed E-state index contributed by atoms with van der Waals surface area (Å²) in [7, 11) is 1.47. The largest absolute Gasteiger partial charge is 0.495 e. The van der Waals surface area contributed by atoms with E-state index >= 15 is 0 Å². The minimum atomic E-state index is -0.506. The van der Waals surface area contributed by atoms with Crippen molar-refractivity contribution >= 4 is 63.0 Å². The Morgan fingerprint density at radius 1 is 0.968 bits per heavy atom. The summed E-state index contributed by atoms with van der Waals surface area (Å²) in [5.41, 5.74) is 1.53. The van der Waals surface area contributed by atoms with Crippen molar-refractivity contribution in [1.82, 2.24) is 4.98 Å². The van der Waals surface area contributed by atoms with Gasteiger partial charge in [-0.3, -0.25) is 14.9 Å². The van der Waals surface area contributed by atoms with Crippen molar-refractivity contribution in [3.8, 4) is 5.75 Å². The third kappa shape index (κ3) is 6.17. The number of carbonyl (C=O) groups excluding carboxylic acids is 3. The summed E-state index contributed by atoms with van der Waals surface area (Å²) in [4.78, 5) is 40.1. The zero-order valence-electron chi connectivity index (χ0n) is 16.5. The smallest absolute Gasteiger partial charge is 0.325 e. The van der Waals surface area contributed by atoms with Gasteiger partial charge in [-0.25, -0.2) is 9.78 Å². The van der Waals surface area contributed by atoms with E-state index in [0.717, 1.165) is 11.3 Å². The SMILES string of the molecule is COc1ccc(NC(C)=O)cc1NC(=O)c1csc(NC(=O)Nc2ccc(Cl)cc2)n1. The quantitative estimate of drug-likeness (QED) is 0.427. The second-order valence-electron chi connectivity index (χ2n) is 6.17. The average molecular weight is 460 g/mol. The van der Waals surface area contributed by atoms with E-state index in [2.05, 4.69) is 26.3 Å². The number of methoxy groups -OCH3 is 1. The van der Waals surface area contributed by atoms with Crippen molar-refractivity contribution in [2.75, 3.05) is 28.4 Å². The van der Waals surface area contributed by atoms with Gasteiger partial charge in [-0.1, -0.05) is 11.6 Å². The Hall–Kier alpha value is -3.63. The molecule has 0 spiro atoms. The summed E-state index contributed by atoms with van der Waals surface area (Å²) >= 11 is 6.92. The molecule has 0 saturated heterocycles. The molecule has 0 aliphatic rings. The number of nitrogens with one attached hydrogen (secondary N) is 4. The van der Waals surface area contributed by atoms with E-state index in [0.29, 0.717) is 27.8 Å². The van der Waals surface area contributed by atoms with Crippen molar-refractivity contribution in [1.29, 1.82) is 0 Å². The van der Waals surface area contributed by atoms with Crippen LogP contribution in [0.5, 0.6) is 5.75 Å². The maximum Gasteiger partial charge on any atom is 0.325 e. The zero-order valence-corrected chi connectivity index (χ0v) is 18.1. The van der Waals surface area contributed by atoms with Gasteiger partial charge in [-0.2, -0.15) is 0 Å². The molecule has 4 N–H and O–H groups in total. The number of benzene rings is 2. The van der Waals surface area contributed by atoms with E-state index in [4.69, 9.17) is 16.3 Å². The van der Waals surface area contributed by atoms with Crippen molar-refractivity contribution < 1.29 is 19.1 Å². The minimum Gasteiger partial charge on any atom is -0.495 e. The lowest BCUT2D eigenvalue weighted by Crippen LogP contribution is -2.19. The Balaban J connectivity index is 1.65. The van der Waals surface area contributed by atoms with Gasteiger partial charge in [0, 0.05) is 28.7 Å². The Labute approximate surface area is 186 Å². The summed E-state index contributed by atoms with van der Waals surface area (Å²) in [6.45, 7) is 1.38. The summed E-state index contributed by atoms with van der Waals surface area (Å²) in [5, 5.41) is 12.9. The van der Waals surface area contributed by atoms with Crippen LogP contribution in [0.4, 0.5) is 27.0 Å². The van der Waals surface area contributed by atoms with Gasteiger partial charge in [-0.15, -0.1) is 11.3 Å². The molecule has 3 aromatic rings. The fraction of sp³-hybridized carbons (Fsp3) is 0.100. The molecule has 4 amide bonds. The molecule has 3 rings (SSSR count). The van der Waals surface area contributed by atoms with Gasteiger partial charge >= 0.3 is 6.03 Å². The van der Waals surface area contributed by atoms with Crippen LogP contribution >= 0.6 is 22.9 Å². The van der Waals surface area contributed by atoms with Gasteiger partial charge in [-0.05, 0) is 42.5 Å². The Morgan fingerprint density at radius 3 is 2.35 bits per heavy atom. The highest BCUT2D eigenvalue weighted by molar-refractivity contribution is 7.14. The number of nitrogens with zero attached hydrogens (tertiary/aromatic N) is 1. The molecule has 0 bridgehead atoms.